The zero-order valence-corrected chi connectivity index (χ0v) is 13.4. The van der Waals surface area contributed by atoms with E-state index in [1.54, 1.807) is 0 Å². The van der Waals surface area contributed by atoms with Crippen LogP contribution >= 0.6 is 0 Å². The minimum absolute atomic E-state index is 0.250. The number of hydrogen-bond acceptors (Lipinski definition) is 6. The Hall–Kier alpha value is -0.320. The molecule has 0 unspecified atom stereocenters. The molecule has 132 valence electrons. The highest BCUT2D eigenvalue weighted by molar-refractivity contribution is 4.38. The van der Waals surface area contributed by atoms with Crippen LogP contribution in [0.1, 0.15) is 19.3 Å². The topological polar surface area (TPSA) is 172 Å². The van der Waals surface area contributed by atoms with Crippen LogP contribution in [0, 0.1) is 0 Å². The summed E-state index contributed by atoms with van der Waals surface area (Å²) in [5.74, 6) is 0. The molecule has 0 fully saturated rings. The second-order valence-corrected chi connectivity index (χ2v) is 4.33. The van der Waals surface area contributed by atoms with Crippen molar-refractivity contribution < 1.29 is 26.0 Å². The summed E-state index contributed by atoms with van der Waals surface area (Å²) in [6.45, 7) is 6.33. The summed E-state index contributed by atoms with van der Waals surface area (Å²) < 4.78 is 0. The number of nitrogens with two attached hydrogens (primary N) is 5. The highest BCUT2D eigenvalue weighted by atomic mass is 16.3. The van der Waals surface area contributed by atoms with Crippen molar-refractivity contribution in [3.63, 3.8) is 0 Å². The largest absolute Gasteiger partial charge is 0.396 e. The first-order valence-corrected chi connectivity index (χ1v) is 7.81. The van der Waals surface area contributed by atoms with E-state index in [4.69, 9.17) is 32.5 Å². The predicted octanol–water partition coefficient (Wildman–Crippen LogP) is -4.89. The first-order valence-electron chi connectivity index (χ1n) is 7.81. The Balaban J connectivity index is -0.000000231. The van der Waals surface area contributed by atoms with Gasteiger partial charge in [-0.2, -0.15) is 0 Å². The van der Waals surface area contributed by atoms with Crippen molar-refractivity contribution in [1.29, 1.82) is 0 Å². The first kappa shape index (κ1) is 25.6. The molecule has 8 nitrogen and oxygen atoms in total. The molecule has 0 radical (unpaired) electrons. The molecule has 0 bridgehead atoms. The molecule has 21 heavy (non-hydrogen) atoms. The zero-order valence-electron chi connectivity index (χ0n) is 13.4. The van der Waals surface area contributed by atoms with Gasteiger partial charge in [0.05, 0.1) is 39.4 Å². The van der Waals surface area contributed by atoms with Crippen LogP contribution in [-0.4, -0.2) is 81.0 Å². The Bertz CT molecular complexity index is 109. The van der Waals surface area contributed by atoms with Gasteiger partial charge in [-0.3, -0.25) is 0 Å². The van der Waals surface area contributed by atoms with Crippen LogP contribution in [0.2, 0.25) is 0 Å². The predicted molar refractivity (Wildman–Crippen MR) is 85.6 cm³/mol. The molecular weight excluding hydrogens is 274 g/mol. The zero-order chi connectivity index (χ0) is 16.6. The van der Waals surface area contributed by atoms with Gasteiger partial charge in [-0.15, -0.1) is 0 Å². The van der Waals surface area contributed by atoms with Crippen LogP contribution in [0.3, 0.4) is 0 Å². The standard InChI is InChI=1S/C5H13NO.2C4H12N2O/c6-4-2-1-3-5-7;2*5-1-2-6-3-4-7/h7H,1-6H2;2*6-7H,1-5H2/p+2. The normalized spacial score (nSPS) is 9.43. The highest BCUT2D eigenvalue weighted by Gasteiger charge is 1.82. The van der Waals surface area contributed by atoms with Crippen LogP contribution in [0.25, 0.3) is 0 Å². The van der Waals surface area contributed by atoms with Crippen molar-refractivity contribution >= 4 is 0 Å². The van der Waals surface area contributed by atoms with Crippen molar-refractivity contribution in [1.82, 2.24) is 0 Å². The maximum absolute atomic E-state index is 8.25. The fraction of sp³-hybridized carbons (Fsp3) is 1.00. The van der Waals surface area contributed by atoms with Gasteiger partial charge >= 0.3 is 0 Å². The van der Waals surface area contributed by atoms with E-state index in [-0.39, 0.29) is 13.2 Å². The number of quaternary nitrogens is 2. The monoisotopic (exact) mass is 313 g/mol. The maximum Gasteiger partial charge on any atom is 0.0990 e. The van der Waals surface area contributed by atoms with Gasteiger partial charge in [-0.1, -0.05) is 0 Å². The van der Waals surface area contributed by atoms with E-state index in [9.17, 15) is 0 Å². The van der Waals surface area contributed by atoms with Gasteiger partial charge in [0.25, 0.3) is 0 Å². The van der Waals surface area contributed by atoms with E-state index >= 15 is 0 Å². The molecule has 0 spiro atoms. The van der Waals surface area contributed by atoms with E-state index in [2.05, 4.69) is 0 Å². The Labute approximate surface area is 129 Å². The lowest BCUT2D eigenvalue weighted by molar-refractivity contribution is -0.653. The van der Waals surface area contributed by atoms with Crippen LogP contribution < -0.4 is 27.8 Å². The second-order valence-electron chi connectivity index (χ2n) is 4.33. The fourth-order valence-corrected chi connectivity index (χ4v) is 1.14. The third-order valence-electron chi connectivity index (χ3n) is 2.27. The Morgan fingerprint density at radius 3 is 1.29 bits per heavy atom. The summed E-state index contributed by atoms with van der Waals surface area (Å²) in [4.78, 5) is 0. The molecule has 0 amide bonds. The Kier molecular flexibility index (Phi) is 38.9. The minimum atomic E-state index is 0.250. The van der Waals surface area contributed by atoms with E-state index in [0.29, 0.717) is 19.7 Å². The summed E-state index contributed by atoms with van der Waals surface area (Å²) in [5.41, 5.74) is 15.5. The third kappa shape index (κ3) is 45.1. The van der Waals surface area contributed by atoms with E-state index in [1.807, 2.05) is 10.6 Å². The lowest BCUT2D eigenvalue weighted by atomic mass is 10.2. The van der Waals surface area contributed by atoms with Gasteiger partial charge in [0.15, 0.2) is 0 Å². The number of hydrogen-bond donors (Lipinski definition) is 8. The summed E-state index contributed by atoms with van der Waals surface area (Å²) in [5, 5.41) is 28.7. The average molecular weight is 313 g/mol. The summed E-state index contributed by atoms with van der Waals surface area (Å²) in [6, 6.07) is 0. The maximum atomic E-state index is 8.25. The minimum Gasteiger partial charge on any atom is -0.396 e. The quantitative estimate of drug-likeness (QED) is 0.168. The molecule has 0 heterocycles. The molecule has 0 saturated heterocycles. The summed E-state index contributed by atoms with van der Waals surface area (Å²) in [6.07, 6.45) is 3.00. The van der Waals surface area contributed by atoms with Gasteiger partial charge < -0.3 is 43.2 Å². The molecule has 0 aromatic rings. The highest BCUT2D eigenvalue weighted by Crippen LogP contribution is 1.89. The van der Waals surface area contributed by atoms with Crippen LogP contribution in [0.4, 0.5) is 0 Å². The van der Waals surface area contributed by atoms with E-state index < -0.39 is 0 Å². The molecule has 13 N–H and O–H groups in total. The molecule has 0 aromatic carbocycles. The van der Waals surface area contributed by atoms with E-state index in [1.165, 1.54) is 0 Å². The number of unbranched alkanes of at least 4 members (excludes halogenated alkanes) is 2. The number of aliphatic hydroxyl groups is 3. The molecule has 0 aliphatic rings. The van der Waals surface area contributed by atoms with Crippen LogP contribution in [-0.2, 0) is 0 Å². The lowest BCUT2D eigenvalue weighted by Gasteiger charge is -1.92. The summed E-state index contributed by atoms with van der Waals surface area (Å²) in [7, 11) is 0. The molecule has 0 saturated carbocycles. The third-order valence-corrected chi connectivity index (χ3v) is 2.27. The lowest BCUT2D eigenvalue weighted by Crippen LogP contribution is -2.86. The average Bonchev–Trinajstić information content (AvgIpc) is 2.50. The molecule has 0 aliphatic heterocycles. The van der Waals surface area contributed by atoms with Gasteiger partial charge in [-0.05, 0) is 25.8 Å². The Morgan fingerprint density at radius 2 is 1.00 bits per heavy atom. The van der Waals surface area contributed by atoms with Crippen molar-refractivity contribution in [2.45, 2.75) is 19.3 Å². The van der Waals surface area contributed by atoms with Crippen LogP contribution in [0.5, 0.6) is 0 Å². The Morgan fingerprint density at radius 1 is 0.524 bits per heavy atom. The molecule has 0 rings (SSSR count). The van der Waals surface area contributed by atoms with Crippen molar-refractivity contribution in [3.8, 4) is 0 Å². The summed E-state index contributed by atoms with van der Waals surface area (Å²) >= 11 is 0. The number of aliphatic hydroxyl groups excluding tert-OH is 3. The first-order chi connectivity index (χ1) is 10.2. The number of rotatable bonds is 12. The molecule has 0 aromatic heterocycles. The van der Waals surface area contributed by atoms with Gasteiger partial charge in [0, 0.05) is 19.7 Å². The molecule has 0 aliphatic carbocycles. The van der Waals surface area contributed by atoms with Gasteiger partial charge in [-0.25, -0.2) is 0 Å². The van der Waals surface area contributed by atoms with Crippen LogP contribution in [0.15, 0.2) is 0 Å². The molecular formula is C13H39N5O3+2. The smallest absolute Gasteiger partial charge is 0.0990 e. The SMILES string of the molecule is NCCCCCO.NCC[NH2+]CCO.NCC[NH2+]CCO. The fourth-order valence-electron chi connectivity index (χ4n) is 1.14. The second kappa shape index (κ2) is 31.9. The van der Waals surface area contributed by atoms with Gasteiger partial charge in [0.1, 0.15) is 0 Å². The van der Waals surface area contributed by atoms with Crippen molar-refractivity contribution in [2.24, 2.45) is 17.2 Å². The molecule has 8 heteroatoms. The van der Waals surface area contributed by atoms with Gasteiger partial charge in [0.2, 0.25) is 0 Å². The van der Waals surface area contributed by atoms with Crippen molar-refractivity contribution in [2.75, 3.05) is 65.6 Å². The molecule has 0 atom stereocenters. The van der Waals surface area contributed by atoms with E-state index in [0.717, 1.165) is 52.0 Å². The van der Waals surface area contributed by atoms with Crippen molar-refractivity contribution in [3.05, 3.63) is 0 Å².